The highest BCUT2D eigenvalue weighted by Crippen LogP contribution is 2.29. The van der Waals surface area contributed by atoms with Crippen molar-refractivity contribution >= 4 is 54.3 Å². The predicted octanol–water partition coefficient (Wildman–Crippen LogP) is 2.79. The predicted molar refractivity (Wildman–Crippen MR) is 85.0 cm³/mol. The molecule has 1 aliphatic rings. The average Bonchev–Trinajstić information content (AvgIpc) is 2.23. The van der Waals surface area contributed by atoms with Crippen molar-refractivity contribution in [3.8, 4) is 0 Å². The van der Waals surface area contributed by atoms with E-state index in [2.05, 4.69) is 36.6 Å². The quantitative estimate of drug-likeness (QED) is 0.766. The Balaban J connectivity index is 0.00000180. The Morgan fingerprint density at radius 1 is 1.32 bits per heavy atom. The van der Waals surface area contributed by atoms with Crippen LogP contribution < -0.4 is 10.5 Å². The molecule has 0 bridgehead atoms. The lowest BCUT2D eigenvalue weighted by atomic mass is 9.78. The van der Waals surface area contributed by atoms with Gasteiger partial charge in [0.2, 0.25) is 10.0 Å². The molecule has 0 aromatic heterocycles. The van der Waals surface area contributed by atoms with Crippen molar-refractivity contribution in [3.63, 3.8) is 0 Å². The van der Waals surface area contributed by atoms with E-state index in [4.69, 9.17) is 5.73 Å². The van der Waals surface area contributed by atoms with Gasteiger partial charge in [0.1, 0.15) is 0 Å². The Morgan fingerprint density at radius 3 is 2.42 bits per heavy atom. The van der Waals surface area contributed by atoms with E-state index in [0.717, 1.165) is 23.7 Å². The summed E-state index contributed by atoms with van der Waals surface area (Å²) in [5.41, 5.74) is 5.64. The monoisotopic (exact) mass is 432 g/mol. The third-order valence-electron chi connectivity index (χ3n) is 3.15. The van der Waals surface area contributed by atoms with Crippen LogP contribution in [0.4, 0.5) is 0 Å². The number of hydrogen-bond donors (Lipinski definition) is 2. The van der Waals surface area contributed by atoms with Gasteiger partial charge in [-0.1, -0.05) is 15.9 Å². The van der Waals surface area contributed by atoms with E-state index in [1.807, 2.05) is 0 Å². The summed E-state index contributed by atoms with van der Waals surface area (Å²) in [7, 11) is -3.51. The van der Waals surface area contributed by atoms with Gasteiger partial charge >= 0.3 is 0 Å². The highest BCUT2D eigenvalue weighted by Gasteiger charge is 2.34. The summed E-state index contributed by atoms with van der Waals surface area (Å²) in [6, 6.07) is 4.96. The number of nitrogens with one attached hydrogen (secondary N) is 1. The molecule has 1 aromatic carbocycles. The van der Waals surface area contributed by atoms with Crippen LogP contribution in [-0.4, -0.2) is 20.5 Å². The molecule has 0 saturated heterocycles. The number of benzene rings is 1. The summed E-state index contributed by atoms with van der Waals surface area (Å²) < 4.78 is 28.2. The van der Waals surface area contributed by atoms with Crippen LogP contribution in [0.2, 0.25) is 0 Å². The molecular formula is C11H15Br2ClN2O2S. The molecule has 1 saturated carbocycles. The number of halogens is 3. The first-order valence-electron chi connectivity index (χ1n) is 5.56. The molecule has 4 nitrogen and oxygen atoms in total. The molecule has 0 aliphatic heterocycles. The lowest BCUT2D eigenvalue weighted by Crippen LogP contribution is -2.54. The molecule has 3 N–H and O–H groups in total. The Labute approximate surface area is 136 Å². The molecule has 8 heteroatoms. The number of hydrogen-bond acceptors (Lipinski definition) is 3. The normalized spacial score (nSPS) is 17.4. The summed E-state index contributed by atoms with van der Waals surface area (Å²) in [4.78, 5) is 0.230. The first-order valence-corrected chi connectivity index (χ1v) is 8.63. The molecule has 0 atom stereocenters. The van der Waals surface area contributed by atoms with E-state index >= 15 is 0 Å². The van der Waals surface area contributed by atoms with Gasteiger partial charge in [-0.2, -0.15) is 0 Å². The second kappa shape index (κ2) is 6.41. The van der Waals surface area contributed by atoms with Gasteiger partial charge in [-0.25, -0.2) is 13.1 Å². The van der Waals surface area contributed by atoms with Crippen LogP contribution in [-0.2, 0) is 10.0 Å². The standard InChI is InChI=1S/C11H14Br2N2O2S.ClH/c12-8-2-3-10(9(13)6-8)18(16,17)15-7-11(14)4-1-5-11;/h2-3,6,15H,1,4-5,7,14H2;1H. The van der Waals surface area contributed by atoms with E-state index < -0.39 is 10.0 Å². The smallest absolute Gasteiger partial charge is 0.241 e. The lowest BCUT2D eigenvalue weighted by molar-refractivity contribution is 0.251. The molecule has 0 heterocycles. The Bertz CT molecular complexity index is 562. The molecule has 19 heavy (non-hydrogen) atoms. The summed E-state index contributed by atoms with van der Waals surface area (Å²) in [6.07, 6.45) is 2.81. The molecule has 1 aliphatic carbocycles. The summed E-state index contributed by atoms with van der Waals surface area (Å²) >= 11 is 6.54. The maximum atomic E-state index is 12.1. The zero-order valence-corrected chi connectivity index (χ0v) is 14.8. The molecule has 0 unspecified atom stereocenters. The Hall–Kier alpha value is 0.340. The van der Waals surface area contributed by atoms with Crippen molar-refractivity contribution in [2.24, 2.45) is 5.73 Å². The van der Waals surface area contributed by atoms with Gasteiger partial charge in [-0.05, 0) is 53.4 Å². The lowest BCUT2D eigenvalue weighted by Gasteiger charge is -2.38. The van der Waals surface area contributed by atoms with Crippen LogP contribution in [0.15, 0.2) is 32.0 Å². The van der Waals surface area contributed by atoms with Gasteiger partial charge in [0.15, 0.2) is 0 Å². The first kappa shape index (κ1) is 17.4. The molecule has 108 valence electrons. The molecule has 0 radical (unpaired) electrons. The third-order valence-corrected chi connectivity index (χ3v) is 6.02. The van der Waals surface area contributed by atoms with Crippen molar-refractivity contribution in [1.82, 2.24) is 4.72 Å². The second-order valence-electron chi connectivity index (χ2n) is 4.62. The highest BCUT2D eigenvalue weighted by atomic mass is 79.9. The minimum Gasteiger partial charge on any atom is -0.324 e. The zero-order chi connectivity index (χ0) is 13.4. The SMILES string of the molecule is Cl.NC1(CNS(=O)(=O)c2ccc(Br)cc2Br)CCC1. The maximum Gasteiger partial charge on any atom is 0.241 e. The average molecular weight is 435 g/mol. The van der Waals surface area contributed by atoms with E-state index in [9.17, 15) is 8.42 Å². The third kappa shape index (κ3) is 4.15. The van der Waals surface area contributed by atoms with Crippen LogP contribution in [0.3, 0.4) is 0 Å². The van der Waals surface area contributed by atoms with Crippen molar-refractivity contribution in [3.05, 3.63) is 27.1 Å². The first-order chi connectivity index (χ1) is 8.32. The summed E-state index contributed by atoms with van der Waals surface area (Å²) in [5.74, 6) is 0. The fourth-order valence-electron chi connectivity index (χ4n) is 1.82. The van der Waals surface area contributed by atoms with E-state index in [0.29, 0.717) is 4.47 Å². The van der Waals surface area contributed by atoms with Crippen molar-refractivity contribution < 1.29 is 8.42 Å². The molecule has 2 rings (SSSR count). The van der Waals surface area contributed by atoms with Crippen LogP contribution in [0.25, 0.3) is 0 Å². The topological polar surface area (TPSA) is 72.2 Å². The Morgan fingerprint density at radius 2 is 1.95 bits per heavy atom. The van der Waals surface area contributed by atoms with E-state index in [1.165, 1.54) is 0 Å². The van der Waals surface area contributed by atoms with Gasteiger partial charge in [0.25, 0.3) is 0 Å². The van der Waals surface area contributed by atoms with Crippen LogP contribution >= 0.6 is 44.3 Å². The summed E-state index contributed by atoms with van der Waals surface area (Å²) in [6.45, 7) is 0.290. The molecule has 0 spiro atoms. The van der Waals surface area contributed by atoms with Crippen molar-refractivity contribution in [1.29, 1.82) is 0 Å². The molecule has 0 amide bonds. The van der Waals surface area contributed by atoms with E-state index in [1.54, 1.807) is 18.2 Å². The number of nitrogens with two attached hydrogens (primary N) is 1. The largest absolute Gasteiger partial charge is 0.324 e. The van der Waals surface area contributed by atoms with Gasteiger partial charge < -0.3 is 5.73 Å². The fourth-order valence-corrected chi connectivity index (χ4v) is 4.70. The fraction of sp³-hybridized carbons (Fsp3) is 0.455. The highest BCUT2D eigenvalue weighted by molar-refractivity contribution is 9.11. The zero-order valence-electron chi connectivity index (χ0n) is 10.0. The molecule has 1 aromatic rings. The van der Waals surface area contributed by atoms with Crippen molar-refractivity contribution in [2.45, 2.75) is 29.7 Å². The van der Waals surface area contributed by atoms with Crippen LogP contribution in [0, 0.1) is 0 Å². The van der Waals surface area contributed by atoms with Gasteiger partial charge in [-0.15, -0.1) is 12.4 Å². The van der Waals surface area contributed by atoms with Gasteiger partial charge in [0.05, 0.1) is 4.90 Å². The number of sulfonamides is 1. The second-order valence-corrected chi connectivity index (χ2v) is 8.12. The molecular weight excluding hydrogens is 419 g/mol. The minimum absolute atomic E-state index is 0. The minimum atomic E-state index is -3.51. The van der Waals surface area contributed by atoms with Crippen LogP contribution in [0.1, 0.15) is 19.3 Å². The van der Waals surface area contributed by atoms with E-state index in [-0.39, 0.29) is 29.4 Å². The van der Waals surface area contributed by atoms with Crippen LogP contribution in [0.5, 0.6) is 0 Å². The summed E-state index contributed by atoms with van der Waals surface area (Å²) in [5, 5.41) is 0. The maximum absolute atomic E-state index is 12.1. The van der Waals surface area contributed by atoms with Gasteiger partial charge in [0, 0.05) is 21.0 Å². The van der Waals surface area contributed by atoms with Crippen molar-refractivity contribution in [2.75, 3.05) is 6.54 Å². The molecule has 1 fully saturated rings. The number of rotatable bonds is 4. The Kier molecular flexibility index (Phi) is 5.86. The van der Waals surface area contributed by atoms with Gasteiger partial charge in [-0.3, -0.25) is 0 Å².